The van der Waals surface area contributed by atoms with Crippen LogP contribution in [0.25, 0.3) is 0 Å². The molecule has 0 aromatic carbocycles. The van der Waals surface area contributed by atoms with Gasteiger partial charge in [-0.05, 0) is 45.2 Å². The molecular weight excluding hydrogens is 214 g/mol. The van der Waals surface area contributed by atoms with Crippen molar-refractivity contribution in [3.63, 3.8) is 0 Å². The fraction of sp³-hybridized carbons (Fsp3) is 0.615. The predicted molar refractivity (Wildman–Crippen MR) is 69.3 cm³/mol. The molecule has 94 valence electrons. The first-order valence-corrected chi connectivity index (χ1v) is 6.23. The molecule has 1 aromatic rings. The van der Waals surface area contributed by atoms with Crippen molar-refractivity contribution in [1.82, 2.24) is 4.98 Å². The van der Waals surface area contributed by atoms with E-state index >= 15 is 0 Å². The highest BCUT2D eigenvalue weighted by atomic mass is 16.5. The van der Waals surface area contributed by atoms with Crippen molar-refractivity contribution in [2.45, 2.75) is 44.8 Å². The van der Waals surface area contributed by atoms with E-state index in [0.29, 0.717) is 0 Å². The van der Waals surface area contributed by atoms with Gasteiger partial charge in [-0.25, -0.2) is 4.98 Å². The van der Waals surface area contributed by atoms with Crippen molar-refractivity contribution < 1.29 is 4.74 Å². The summed E-state index contributed by atoms with van der Waals surface area (Å²) in [6.07, 6.45) is 5.32. The number of rotatable bonds is 5. The van der Waals surface area contributed by atoms with Crippen LogP contribution < -0.4 is 15.8 Å². The largest absolute Gasteiger partial charge is 0.487 e. The van der Waals surface area contributed by atoms with Gasteiger partial charge in [0.2, 0.25) is 0 Å². The highest BCUT2D eigenvalue weighted by Crippen LogP contribution is 2.30. The first-order valence-electron chi connectivity index (χ1n) is 6.23. The zero-order chi connectivity index (χ0) is 12.3. The van der Waals surface area contributed by atoms with Crippen LogP contribution in [0.3, 0.4) is 0 Å². The van der Waals surface area contributed by atoms with Gasteiger partial charge in [0.25, 0.3) is 0 Å². The van der Waals surface area contributed by atoms with Gasteiger partial charge in [-0.15, -0.1) is 0 Å². The summed E-state index contributed by atoms with van der Waals surface area (Å²) in [7, 11) is 0. The van der Waals surface area contributed by atoms with E-state index in [1.807, 2.05) is 26.0 Å². The Morgan fingerprint density at radius 1 is 1.53 bits per heavy atom. The van der Waals surface area contributed by atoms with E-state index in [4.69, 9.17) is 10.5 Å². The Labute approximate surface area is 103 Å². The van der Waals surface area contributed by atoms with Crippen molar-refractivity contribution in [3.8, 4) is 5.75 Å². The third-order valence-electron chi connectivity index (χ3n) is 3.09. The molecule has 3 N–H and O–H groups in total. The Bertz CT molecular complexity index is 375. The van der Waals surface area contributed by atoms with Gasteiger partial charge in [0.05, 0.1) is 6.10 Å². The second kappa shape index (κ2) is 4.92. The second-order valence-corrected chi connectivity index (χ2v) is 5.09. The van der Waals surface area contributed by atoms with Crippen molar-refractivity contribution >= 4 is 5.82 Å². The second-order valence-electron chi connectivity index (χ2n) is 5.09. The molecular formula is C13H21N3O. The predicted octanol–water partition coefficient (Wildman–Crippen LogP) is 2.16. The van der Waals surface area contributed by atoms with Crippen molar-refractivity contribution in [2.24, 2.45) is 5.73 Å². The Morgan fingerprint density at radius 2 is 2.29 bits per heavy atom. The fourth-order valence-electron chi connectivity index (χ4n) is 1.94. The molecule has 2 rings (SSSR count). The fourth-order valence-corrected chi connectivity index (χ4v) is 1.94. The molecule has 1 aromatic heterocycles. The minimum atomic E-state index is -0.0490. The number of pyridine rings is 1. The molecule has 0 amide bonds. The SMILES string of the molecule is CC(C)Oc1cccnc1NCC1(N)CCC1. The number of ether oxygens (including phenoxy) is 1. The van der Waals surface area contributed by atoms with Crippen LogP contribution in [0.2, 0.25) is 0 Å². The van der Waals surface area contributed by atoms with Crippen LogP contribution in [0.4, 0.5) is 5.82 Å². The van der Waals surface area contributed by atoms with Crippen LogP contribution in [-0.4, -0.2) is 23.2 Å². The van der Waals surface area contributed by atoms with Crippen molar-refractivity contribution in [3.05, 3.63) is 18.3 Å². The smallest absolute Gasteiger partial charge is 0.168 e. The molecule has 0 saturated heterocycles. The molecule has 1 aliphatic carbocycles. The van der Waals surface area contributed by atoms with Gasteiger partial charge in [-0.3, -0.25) is 0 Å². The minimum absolute atomic E-state index is 0.0490. The Kier molecular flexibility index (Phi) is 3.52. The third kappa shape index (κ3) is 3.09. The first kappa shape index (κ1) is 12.2. The van der Waals surface area contributed by atoms with Crippen molar-refractivity contribution in [2.75, 3.05) is 11.9 Å². The maximum Gasteiger partial charge on any atom is 0.168 e. The quantitative estimate of drug-likeness (QED) is 0.821. The molecule has 1 heterocycles. The highest BCUT2D eigenvalue weighted by molar-refractivity contribution is 5.49. The number of nitrogens with zero attached hydrogens (tertiary/aromatic N) is 1. The number of hydrogen-bond acceptors (Lipinski definition) is 4. The third-order valence-corrected chi connectivity index (χ3v) is 3.09. The molecule has 0 spiro atoms. The number of anilines is 1. The van der Waals surface area contributed by atoms with Crippen LogP contribution in [0, 0.1) is 0 Å². The van der Waals surface area contributed by atoms with Gasteiger partial charge >= 0.3 is 0 Å². The summed E-state index contributed by atoms with van der Waals surface area (Å²) in [4.78, 5) is 4.30. The van der Waals surface area contributed by atoms with Crippen LogP contribution in [-0.2, 0) is 0 Å². The minimum Gasteiger partial charge on any atom is -0.487 e. The van der Waals surface area contributed by atoms with Crippen molar-refractivity contribution in [1.29, 1.82) is 0 Å². The van der Waals surface area contributed by atoms with Crippen LogP contribution in [0.15, 0.2) is 18.3 Å². The molecule has 0 radical (unpaired) electrons. The van der Waals surface area contributed by atoms with Gasteiger partial charge in [0, 0.05) is 18.3 Å². The van der Waals surface area contributed by atoms with Crippen LogP contribution >= 0.6 is 0 Å². The monoisotopic (exact) mass is 235 g/mol. The Morgan fingerprint density at radius 3 is 2.88 bits per heavy atom. The first-order chi connectivity index (χ1) is 8.09. The molecule has 0 aliphatic heterocycles. The number of nitrogens with one attached hydrogen (secondary N) is 1. The van der Waals surface area contributed by atoms with E-state index in [1.165, 1.54) is 6.42 Å². The highest BCUT2D eigenvalue weighted by Gasteiger charge is 2.32. The molecule has 4 nitrogen and oxygen atoms in total. The zero-order valence-corrected chi connectivity index (χ0v) is 10.6. The molecule has 1 saturated carbocycles. The zero-order valence-electron chi connectivity index (χ0n) is 10.6. The van der Waals surface area contributed by atoms with Crippen LogP contribution in [0.1, 0.15) is 33.1 Å². The molecule has 0 atom stereocenters. The van der Waals surface area contributed by atoms with Crippen LogP contribution in [0.5, 0.6) is 5.75 Å². The number of aromatic nitrogens is 1. The summed E-state index contributed by atoms with van der Waals surface area (Å²) in [6, 6.07) is 3.81. The summed E-state index contributed by atoms with van der Waals surface area (Å²) < 4.78 is 5.70. The standard InChI is InChI=1S/C13H21N3O/c1-10(2)17-11-5-3-8-15-12(11)16-9-13(14)6-4-7-13/h3,5,8,10H,4,6-7,9,14H2,1-2H3,(H,15,16). The summed E-state index contributed by atoms with van der Waals surface area (Å²) in [5.74, 6) is 1.59. The summed E-state index contributed by atoms with van der Waals surface area (Å²) >= 11 is 0. The normalized spacial score (nSPS) is 17.6. The van der Waals surface area contributed by atoms with Gasteiger partial charge in [-0.2, -0.15) is 0 Å². The number of hydrogen-bond donors (Lipinski definition) is 2. The van der Waals surface area contributed by atoms with E-state index < -0.39 is 0 Å². The molecule has 0 unspecified atom stereocenters. The van der Waals surface area contributed by atoms with Gasteiger partial charge in [-0.1, -0.05) is 0 Å². The van der Waals surface area contributed by atoms with Gasteiger partial charge in [0.1, 0.15) is 0 Å². The maximum atomic E-state index is 6.17. The summed E-state index contributed by atoms with van der Waals surface area (Å²) in [5.41, 5.74) is 6.12. The van der Waals surface area contributed by atoms with E-state index in [-0.39, 0.29) is 11.6 Å². The number of nitrogens with two attached hydrogens (primary N) is 1. The van der Waals surface area contributed by atoms with Gasteiger partial charge < -0.3 is 15.8 Å². The van der Waals surface area contributed by atoms with Gasteiger partial charge in [0.15, 0.2) is 11.6 Å². The molecule has 4 heteroatoms. The topological polar surface area (TPSA) is 60.2 Å². The summed E-state index contributed by atoms with van der Waals surface area (Å²) in [5, 5.41) is 3.30. The summed E-state index contributed by atoms with van der Waals surface area (Å²) in [6.45, 7) is 4.78. The van der Waals surface area contributed by atoms with E-state index in [9.17, 15) is 0 Å². The average molecular weight is 235 g/mol. The average Bonchev–Trinajstić information content (AvgIpc) is 2.25. The van der Waals surface area contributed by atoms with E-state index in [2.05, 4.69) is 10.3 Å². The molecule has 1 fully saturated rings. The van der Waals surface area contributed by atoms with E-state index in [0.717, 1.165) is 31.0 Å². The lowest BCUT2D eigenvalue weighted by molar-refractivity contribution is 0.241. The lowest BCUT2D eigenvalue weighted by atomic mass is 9.78. The lowest BCUT2D eigenvalue weighted by Gasteiger charge is -2.38. The molecule has 17 heavy (non-hydrogen) atoms. The Hall–Kier alpha value is -1.29. The molecule has 0 bridgehead atoms. The van der Waals surface area contributed by atoms with E-state index in [1.54, 1.807) is 6.20 Å². The molecule has 1 aliphatic rings. The maximum absolute atomic E-state index is 6.17. The Balaban J connectivity index is 1.99. The lowest BCUT2D eigenvalue weighted by Crippen LogP contribution is -2.52.